The maximum Gasteiger partial charge on any atom is 0.227 e. The number of amides is 1. The summed E-state index contributed by atoms with van der Waals surface area (Å²) in [6.07, 6.45) is 0.302. The molecular formula is C23H23NO2. The van der Waals surface area contributed by atoms with Crippen LogP contribution in [-0.2, 0) is 4.79 Å². The zero-order chi connectivity index (χ0) is 18.4. The predicted molar refractivity (Wildman–Crippen MR) is 107 cm³/mol. The van der Waals surface area contributed by atoms with Crippen molar-refractivity contribution in [1.82, 2.24) is 0 Å². The molecule has 3 nitrogen and oxygen atoms in total. The third kappa shape index (κ3) is 4.51. The lowest BCUT2D eigenvalue weighted by Crippen LogP contribution is -2.16. The molecule has 0 heterocycles. The first-order valence-corrected chi connectivity index (χ1v) is 8.78. The third-order valence-corrected chi connectivity index (χ3v) is 4.23. The van der Waals surface area contributed by atoms with E-state index >= 15 is 0 Å². The molecule has 0 atom stereocenters. The van der Waals surface area contributed by atoms with E-state index in [1.165, 1.54) is 0 Å². The van der Waals surface area contributed by atoms with Crippen LogP contribution in [-0.4, -0.2) is 12.5 Å². The van der Waals surface area contributed by atoms with Gasteiger partial charge < -0.3 is 10.1 Å². The fourth-order valence-electron chi connectivity index (χ4n) is 2.79. The second-order valence-electron chi connectivity index (χ2n) is 6.33. The Balaban J connectivity index is 1.60. The van der Waals surface area contributed by atoms with Crippen molar-refractivity contribution in [3.63, 3.8) is 0 Å². The van der Waals surface area contributed by atoms with Gasteiger partial charge in [-0.25, -0.2) is 0 Å². The number of ether oxygens (including phenoxy) is 1. The summed E-state index contributed by atoms with van der Waals surface area (Å²) in [6, 6.07) is 24.0. The van der Waals surface area contributed by atoms with Crippen molar-refractivity contribution in [2.75, 3.05) is 11.9 Å². The molecule has 26 heavy (non-hydrogen) atoms. The molecule has 3 aromatic rings. The molecular weight excluding hydrogens is 322 g/mol. The minimum absolute atomic E-state index is 0.0455. The number of hydrogen-bond donors (Lipinski definition) is 1. The first-order chi connectivity index (χ1) is 12.6. The number of carbonyl (C=O) groups excluding carboxylic acids is 1. The number of para-hydroxylation sites is 1. The summed E-state index contributed by atoms with van der Waals surface area (Å²) < 4.78 is 5.89. The highest BCUT2D eigenvalue weighted by molar-refractivity contribution is 5.91. The first kappa shape index (κ1) is 17.7. The van der Waals surface area contributed by atoms with Gasteiger partial charge in [0, 0.05) is 11.3 Å². The van der Waals surface area contributed by atoms with Crippen LogP contribution in [0.25, 0.3) is 11.1 Å². The summed E-state index contributed by atoms with van der Waals surface area (Å²) in [5.74, 6) is 0.745. The van der Waals surface area contributed by atoms with Gasteiger partial charge in [-0.2, -0.15) is 0 Å². The van der Waals surface area contributed by atoms with Crippen LogP contribution >= 0.6 is 0 Å². The van der Waals surface area contributed by atoms with Crippen LogP contribution in [0, 0.1) is 13.8 Å². The largest absolute Gasteiger partial charge is 0.492 e. The molecule has 0 radical (unpaired) electrons. The highest BCUT2D eigenvalue weighted by Gasteiger charge is 2.08. The fraction of sp³-hybridized carbons (Fsp3) is 0.174. The fourth-order valence-corrected chi connectivity index (χ4v) is 2.79. The van der Waals surface area contributed by atoms with Crippen molar-refractivity contribution >= 4 is 11.6 Å². The molecule has 3 rings (SSSR count). The molecule has 0 saturated heterocycles. The monoisotopic (exact) mass is 345 g/mol. The average Bonchev–Trinajstić information content (AvgIpc) is 2.66. The molecule has 3 heteroatoms. The minimum Gasteiger partial charge on any atom is -0.492 e. The van der Waals surface area contributed by atoms with Crippen molar-refractivity contribution in [2.45, 2.75) is 20.3 Å². The number of anilines is 1. The molecule has 0 bridgehead atoms. The molecule has 1 amide bonds. The van der Waals surface area contributed by atoms with E-state index in [9.17, 15) is 4.79 Å². The maximum absolute atomic E-state index is 12.2. The lowest BCUT2D eigenvalue weighted by atomic mass is 10.1. The Kier molecular flexibility index (Phi) is 5.69. The Morgan fingerprint density at radius 1 is 0.923 bits per heavy atom. The molecule has 0 fully saturated rings. The minimum atomic E-state index is -0.0455. The maximum atomic E-state index is 12.2. The standard InChI is InChI=1S/C23H23NO2/c1-17-12-13-18(2)21(16-17)24-23(25)14-15-26-22-11-7-6-10-20(22)19-8-4-3-5-9-19/h3-13,16H,14-15H2,1-2H3,(H,24,25). The smallest absolute Gasteiger partial charge is 0.227 e. The summed E-state index contributed by atoms with van der Waals surface area (Å²) in [5.41, 5.74) is 5.17. The molecule has 0 aromatic heterocycles. The SMILES string of the molecule is Cc1ccc(C)c(NC(=O)CCOc2ccccc2-c2ccccc2)c1. The van der Waals surface area contributed by atoms with Crippen LogP contribution in [0.4, 0.5) is 5.69 Å². The third-order valence-electron chi connectivity index (χ3n) is 4.23. The van der Waals surface area contributed by atoms with E-state index in [4.69, 9.17) is 4.74 Å². The van der Waals surface area contributed by atoms with Crippen molar-refractivity contribution in [1.29, 1.82) is 0 Å². The van der Waals surface area contributed by atoms with Gasteiger partial charge in [-0.3, -0.25) is 4.79 Å². The molecule has 0 saturated carbocycles. The summed E-state index contributed by atoms with van der Waals surface area (Å²) in [7, 11) is 0. The zero-order valence-electron chi connectivity index (χ0n) is 15.2. The van der Waals surface area contributed by atoms with Crippen LogP contribution in [0.1, 0.15) is 17.5 Å². The van der Waals surface area contributed by atoms with Gasteiger partial charge in [0.25, 0.3) is 0 Å². The van der Waals surface area contributed by atoms with E-state index in [1.54, 1.807) is 0 Å². The van der Waals surface area contributed by atoms with Crippen LogP contribution in [0.5, 0.6) is 5.75 Å². The van der Waals surface area contributed by atoms with E-state index in [1.807, 2.05) is 74.5 Å². The van der Waals surface area contributed by atoms with Crippen molar-refractivity contribution in [2.24, 2.45) is 0 Å². The highest BCUT2D eigenvalue weighted by Crippen LogP contribution is 2.29. The number of rotatable bonds is 6. The summed E-state index contributed by atoms with van der Waals surface area (Å²) in [6.45, 7) is 4.33. The van der Waals surface area contributed by atoms with Crippen LogP contribution in [0.2, 0.25) is 0 Å². The number of nitrogens with one attached hydrogen (secondary N) is 1. The second kappa shape index (κ2) is 8.34. The summed E-state index contributed by atoms with van der Waals surface area (Å²) >= 11 is 0. The molecule has 0 aliphatic rings. The van der Waals surface area contributed by atoms with E-state index in [0.717, 1.165) is 33.7 Å². The Hall–Kier alpha value is -3.07. The normalized spacial score (nSPS) is 10.4. The van der Waals surface area contributed by atoms with E-state index in [0.29, 0.717) is 13.0 Å². The van der Waals surface area contributed by atoms with E-state index in [-0.39, 0.29) is 5.91 Å². The Labute approximate surface area is 154 Å². The number of carbonyl (C=O) groups is 1. The van der Waals surface area contributed by atoms with Crippen LogP contribution in [0.3, 0.4) is 0 Å². The zero-order valence-corrected chi connectivity index (χ0v) is 15.2. The average molecular weight is 345 g/mol. The Morgan fingerprint density at radius 2 is 1.65 bits per heavy atom. The van der Waals surface area contributed by atoms with Gasteiger partial charge in [0.2, 0.25) is 5.91 Å². The lowest BCUT2D eigenvalue weighted by Gasteiger charge is -2.12. The van der Waals surface area contributed by atoms with Gasteiger partial charge in [-0.05, 0) is 42.7 Å². The van der Waals surface area contributed by atoms with Crippen molar-refractivity contribution in [3.8, 4) is 16.9 Å². The highest BCUT2D eigenvalue weighted by atomic mass is 16.5. The summed E-state index contributed by atoms with van der Waals surface area (Å²) in [5, 5.41) is 2.96. The van der Waals surface area contributed by atoms with Gasteiger partial charge in [-0.15, -0.1) is 0 Å². The van der Waals surface area contributed by atoms with E-state index < -0.39 is 0 Å². The molecule has 0 spiro atoms. The number of benzene rings is 3. The van der Waals surface area contributed by atoms with Gasteiger partial charge in [-0.1, -0.05) is 60.7 Å². The number of hydrogen-bond acceptors (Lipinski definition) is 2. The van der Waals surface area contributed by atoms with Gasteiger partial charge in [0.15, 0.2) is 0 Å². The second-order valence-corrected chi connectivity index (χ2v) is 6.33. The lowest BCUT2D eigenvalue weighted by molar-refractivity contribution is -0.116. The Bertz CT molecular complexity index is 888. The molecule has 1 N–H and O–H groups in total. The first-order valence-electron chi connectivity index (χ1n) is 8.78. The van der Waals surface area contributed by atoms with E-state index in [2.05, 4.69) is 17.4 Å². The van der Waals surface area contributed by atoms with Crippen molar-refractivity contribution < 1.29 is 9.53 Å². The molecule has 132 valence electrons. The van der Waals surface area contributed by atoms with Gasteiger partial charge in [0.05, 0.1) is 13.0 Å². The molecule has 3 aromatic carbocycles. The number of aryl methyl sites for hydroxylation is 2. The van der Waals surface area contributed by atoms with Gasteiger partial charge >= 0.3 is 0 Å². The van der Waals surface area contributed by atoms with Crippen LogP contribution in [0.15, 0.2) is 72.8 Å². The summed E-state index contributed by atoms with van der Waals surface area (Å²) in [4.78, 5) is 12.2. The quantitative estimate of drug-likeness (QED) is 0.651. The molecule has 0 unspecified atom stereocenters. The molecule has 0 aliphatic heterocycles. The Morgan fingerprint density at radius 3 is 2.46 bits per heavy atom. The predicted octanol–water partition coefficient (Wildman–Crippen LogP) is 5.38. The van der Waals surface area contributed by atoms with Crippen LogP contribution < -0.4 is 10.1 Å². The topological polar surface area (TPSA) is 38.3 Å². The van der Waals surface area contributed by atoms with Crippen molar-refractivity contribution in [3.05, 3.63) is 83.9 Å². The van der Waals surface area contributed by atoms with Gasteiger partial charge in [0.1, 0.15) is 5.75 Å². The molecule has 0 aliphatic carbocycles.